The lowest BCUT2D eigenvalue weighted by Gasteiger charge is -2.38. The number of piperidine rings is 1. The Morgan fingerprint density at radius 3 is 2.74 bits per heavy atom. The van der Waals surface area contributed by atoms with E-state index in [9.17, 15) is 9.90 Å². The summed E-state index contributed by atoms with van der Waals surface area (Å²) >= 11 is 6.36. The van der Waals surface area contributed by atoms with Crippen LogP contribution in [0.15, 0.2) is 30.5 Å². The number of halogens is 2. The van der Waals surface area contributed by atoms with Gasteiger partial charge in [0.1, 0.15) is 17.7 Å². The van der Waals surface area contributed by atoms with Gasteiger partial charge in [0.15, 0.2) is 0 Å². The molecule has 2 aliphatic heterocycles. The Morgan fingerprint density at radius 1 is 1.26 bits per heavy atom. The number of benzene rings is 1. The smallest absolute Gasteiger partial charge is 0.305 e. The monoisotopic (exact) mass is 491 g/mol. The van der Waals surface area contributed by atoms with Gasteiger partial charge in [-0.25, -0.2) is 9.37 Å². The van der Waals surface area contributed by atoms with Gasteiger partial charge in [-0.2, -0.15) is 0 Å². The van der Waals surface area contributed by atoms with Crippen LogP contribution in [0.3, 0.4) is 0 Å². The number of hydrogen-bond donors (Lipinski definition) is 1. The minimum Gasteiger partial charge on any atom is -0.490 e. The number of hydrogen-bond acceptors (Lipinski definition) is 6. The minimum atomic E-state index is -0.865. The molecule has 34 heavy (non-hydrogen) atoms. The molecule has 0 aliphatic carbocycles. The molecule has 0 saturated carbocycles. The van der Waals surface area contributed by atoms with E-state index in [0.29, 0.717) is 34.8 Å². The van der Waals surface area contributed by atoms with Crippen molar-refractivity contribution in [3.8, 4) is 11.6 Å². The summed E-state index contributed by atoms with van der Waals surface area (Å²) in [5.74, 6) is 0.251. The minimum absolute atomic E-state index is 0.00544. The van der Waals surface area contributed by atoms with Crippen LogP contribution in [0.25, 0.3) is 0 Å². The van der Waals surface area contributed by atoms with E-state index in [1.54, 1.807) is 25.4 Å². The van der Waals surface area contributed by atoms with E-state index in [0.717, 1.165) is 31.6 Å². The summed E-state index contributed by atoms with van der Waals surface area (Å²) in [6.07, 6.45) is 3.04. The summed E-state index contributed by atoms with van der Waals surface area (Å²) < 4.78 is 26.5. The number of aliphatic carboxylic acids is 1. The van der Waals surface area contributed by atoms with E-state index in [-0.39, 0.29) is 30.3 Å². The third kappa shape index (κ3) is 5.32. The Balaban J connectivity index is 1.42. The lowest BCUT2D eigenvalue weighted by molar-refractivity contribution is -0.137. The van der Waals surface area contributed by atoms with Crippen molar-refractivity contribution in [2.24, 2.45) is 11.8 Å². The largest absolute Gasteiger partial charge is 0.490 e. The topological polar surface area (TPSA) is 75.1 Å². The van der Waals surface area contributed by atoms with Crippen LogP contribution in [0, 0.1) is 17.7 Å². The fourth-order valence-corrected chi connectivity index (χ4v) is 5.31. The van der Waals surface area contributed by atoms with E-state index >= 15 is 4.39 Å². The highest BCUT2D eigenvalue weighted by molar-refractivity contribution is 6.33. The first-order chi connectivity index (χ1) is 16.2. The average molecular weight is 492 g/mol. The van der Waals surface area contributed by atoms with Crippen molar-refractivity contribution >= 4 is 28.9 Å². The number of nitrogens with zero attached hydrogens (tertiary/aromatic N) is 3. The number of aromatic nitrogens is 1. The van der Waals surface area contributed by atoms with Gasteiger partial charge in [-0.1, -0.05) is 25.4 Å². The first-order valence-electron chi connectivity index (χ1n) is 11.6. The number of carboxylic acid groups (broad SMARTS) is 1. The molecule has 1 aromatic carbocycles. The molecule has 1 aromatic heterocycles. The van der Waals surface area contributed by atoms with Crippen molar-refractivity contribution in [1.82, 2.24) is 4.98 Å². The molecule has 0 radical (unpaired) electrons. The first kappa shape index (κ1) is 24.4. The molecule has 0 amide bonds. The van der Waals surface area contributed by atoms with Crippen LogP contribution in [-0.2, 0) is 4.79 Å². The quantitative estimate of drug-likeness (QED) is 0.592. The molecule has 2 saturated heterocycles. The lowest BCUT2D eigenvalue weighted by Crippen LogP contribution is -2.44. The zero-order valence-corrected chi connectivity index (χ0v) is 20.5. The Kier molecular flexibility index (Phi) is 7.36. The highest BCUT2D eigenvalue weighted by Gasteiger charge is 2.33. The zero-order valence-electron chi connectivity index (χ0n) is 19.7. The number of rotatable bonds is 7. The predicted octanol–water partition coefficient (Wildman–Crippen LogP) is 4.87. The lowest BCUT2D eigenvalue weighted by atomic mass is 9.96. The summed E-state index contributed by atoms with van der Waals surface area (Å²) in [6, 6.07) is 6.54. The fourth-order valence-electron chi connectivity index (χ4n) is 5.09. The van der Waals surface area contributed by atoms with Crippen LogP contribution in [0.4, 0.5) is 15.8 Å². The highest BCUT2D eigenvalue weighted by atomic mass is 35.5. The zero-order chi connectivity index (χ0) is 24.4. The van der Waals surface area contributed by atoms with Crippen molar-refractivity contribution in [3.05, 3.63) is 41.3 Å². The van der Waals surface area contributed by atoms with Gasteiger partial charge < -0.3 is 24.4 Å². The number of pyridine rings is 1. The second-order valence-corrected chi connectivity index (χ2v) is 9.81. The maximum absolute atomic E-state index is 15.1. The van der Waals surface area contributed by atoms with Crippen molar-refractivity contribution in [2.75, 3.05) is 36.5 Å². The van der Waals surface area contributed by atoms with Gasteiger partial charge in [-0.15, -0.1) is 0 Å². The van der Waals surface area contributed by atoms with Crippen LogP contribution in [-0.4, -0.2) is 54.9 Å². The molecule has 9 heteroatoms. The number of carbonyl (C=O) groups is 1. The van der Waals surface area contributed by atoms with Gasteiger partial charge in [0.2, 0.25) is 5.88 Å². The molecule has 0 spiro atoms. The van der Waals surface area contributed by atoms with E-state index < -0.39 is 5.97 Å². The molecule has 2 fully saturated rings. The maximum atomic E-state index is 15.1. The van der Waals surface area contributed by atoms with Crippen molar-refractivity contribution in [3.63, 3.8) is 0 Å². The SMILES string of the molecule is COc1cc(N2CCC(Oc3ccc(N4C[C@H](C)C[C@@H]4CC(=O)O)c(F)c3)C(C)C2)c(Cl)cn1. The summed E-state index contributed by atoms with van der Waals surface area (Å²) in [5.41, 5.74) is 1.32. The number of methoxy groups -OCH3 is 1. The molecule has 2 aliphatic rings. The average Bonchev–Trinajstić information content (AvgIpc) is 3.14. The standard InChI is InChI=1S/C25H31ClFN3O4/c1-15-8-17(9-25(31)32)30(13-15)21-5-4-18(10-20(21)27)34-23-6-7-29(14-16(23)2)22-11-24(33-3)28-12-19(22)26/h4-5,10-12,15-17,23H,6-9,13-14H2,1-3H3,(H,31,32)/t15-,16?,17-,23?/m1/s1. The van der Waals surface area contributed by atoms with Gasteiger partial charge in [-0.05, 0) is 24.5 Å². The second kappa shape index (κ2) is 10.3. The molecular weight excluding hydrogens is 461 g/mol. The summed E-state index contributed by atoms with van der Waals surface area (Å²) in [5, 5.41) is 9.79. The predicted molar refractivity (Wildman–Crippen MR) is 130 cm³/mol. The van der Waals surface area contributed by atoms with Gasteiger partial charge in [-0.3, -0.25) is 4.79 Å². The van der Waals surface area contributed by atoms with Crippen molar-refractivity contribution in [2.45, 2.75) is 45.3 Å². The Hall–Kier alpha value is -2.74. The maximum Gasteiger partial charge on any atom is 0.305 e. The fraction of sp³-hybridized carbons (Fsp3) is 0.520. The molecule has 2 aromatic rings. The number of carboxylic acids is 1. The molecule has 4 atom stereocenters. The van der Waals surface area contributed by atoms with Gasteiger partial charge >= 0.3 is 5.97 Å². The normalized spacial score (nSPS) is 24.9. The number of ether oxygens (including phenoxy) is 2. The Labute approximate surface area is 204 Å². The Morgan fingerprint density at radius 2 is 2.06 bits per heavy atom. The summed E-state index contributed by atoms with van der Waals surface area (Å²) in [6.45, 7) is 6.29. The van der Waals surface area contributed by atoms with E-state index in [1.807, 2.05) is 11.0 Å². The van der Waals surface area contributed by atoms with E-state index in [1.165, 1.54) is 6.07 Å². The molecular formula is C25H31ClFN3O4. The van der Waals surface area contributed by atoms with Crippen LogP contribution in [0.2, 0.25) is 5.02 Å². The molecule has 7 nitrogen and oxygen atoms in total. The Bertz CT molecular complexity index is 1040. The second-order valence-electron chi connectivity index (χ2n) is 9.40. The molecule has 184 valence electrons. The number of anilines is 2. The first-order valence-corrected chi connectivity index (χ1v) is 12.0. The molecule has 1 N–H and O–H groups in total. The van der Waals surface area contributed by atoms with Crippen LogP contribution in [0.5, 0.6) is 11.6 Å². The third-order valence-electron chi connectivity index (χ3n) is 6.74. The van der Waals surface area contributed by atoms with Crippen molar-refractivity contribution < 1.29 is 23.8 Å². The van der Waals surface area contributed by atoms with Crippen LogP contribution < -0.4 is 19.3 Å². The van der Waals surface area contributed by atoms with E-state index in [2.05, 4.69) is 23.7 Å². The van der Waals surface area contributed by atoms with Gasteiger partial charge in [0, 0.05) is 50.1 Å². The molecule has 2 unspecified atom stereocenters. The van der Waals surface area contributed by atoms with Crippen molar-refractivity contribution in [1.29, 1.82) is 0 Å². The molecule has 0 bridgehead atoms. The molecule has 3 heterocycles. The summed E-state index contributed by atoms with van der Waals surface area (Å²) in [7, 11) is 1.57. The molecule has 4 rings (SSSR count). The third-order valence-corrected chi connectivity index (χ3v) is 7.03. The summed E-state index contributed by atoms with van der Waals surface area (Å²) in [4.78, 5) is 19.4. The van der Waals surface area contributed by atoms with Crippen LogP contribution in [0.1, 0.15) is 33.1 Å². The van der Waals surface area contributed by atoms with Crippen LogP contribution >= 0.6 is 11.6 Å². The highest BCUT2D eigenvalue weighted by Crippen LogP contribution is 2.36. The van der Waals surface area contributed by atoms with Gasteiger partial charge in [0.05, 0.1) is 36.1 Å². The van der Waals surface area contributed by atoms with E-state index in [4.69, 9.17) is 21.1 Å². The van der Waals surface area contributed by atoms with Gasteiger partial charge in [0.25, 0.3) is 0 Å².